The van der Waals surface area contributed by atoms with E-state index in [0.717, 1.165) is 56.1 Å². The number of hydrogen-bond donors (Lipinski definition) is 7. The first-order chi connectivity index (χ1) is 22.4. The second kappa shape index (κ2) is 18.3. The van der Waals surface area contributed by atoms with Crippen LogP contribution in [0.4, 0.5) is 4.79 Å². The number of nitrogens with two attached hydrogens (primary N) is 2. The highest BCUT2D eigenvalue weighted by Crippen LogP contribution is 2.49. The van der Waals surface area contributed by atoms with Crippen molar-refractivity contribution in [2.24, 2.45) is 27.4 Å². The van der Waals surface area contributed by atoms with Crippen molar-refractivity contribution < 1.29 is 29.4 Å². The molecular weight excluding hydrogens is 606 g/mol. The van der Waals surface area contributed by atoms with Gasteiger partial charge in [-0.3, -0.25) is 14.8 Å². The number of hydroxylamine groups is 2. The third kappa shape index (κ3) is 10.3. The SMILES string of the molecule is CC(C)CCCCCCNC(=O)CCCCC(=O)NCCCCCCNC(=O)OCC1N=C(N)N2CC[C@](C)(O)C23C1N=C(N)N3O. The Bertz CT molecular complexity index is 1100. The molecule has 0 radical (unpaired) electrons. The molecule has 15 nitrogen and oxygen atoms in total. The molecule has 15 heteroatoms. The third-order valence-corrected chi connectivity index (χ3v) is 9.36. The monoisotopic (exact) mass is 665 g/mol. The molecule has 3 aliphatic rings. The van der Waals surface area contributed by atoms with Gasteiger partial charge in [0.05, 0.1) is 0 Å². The summed E-state index contributed by atoms with van der Waals surface area (Å²) in [7, 11) is 0. The number of carbonyl (C=O) groups is 3. The number of nitrogens with one attached hydrogen (secondary N) is 3. The number of aliphatic imine (C=N–C) groups is 2. The molecule has 47 heavy (non-hydrogen) atoms. The van der Waals surface area contributed by atoms with Crippen molar-refractivity contribution in [3.63, 3.8) is 0 Å². The first-order valence-corrected chi connectivity index (χ1v) is 17.5. The van der Waals surface area contributed by atoms with E-state index in [1.165, 1.54) is 19.3 Å². The van der Waals surface area contributed by atoms with Gasteiger partial charge >= 0.3 is 6.09 Å². The Morgan fingerprint density at radius 3 is 2.00 bits per heavy atom. The average Bonchev–Trinajstić information content (AvgIpc) is 3.46. The van der Waals surface area contributed by atoms with Gasteiger partial charge in [-0.15, -0.1) is 0 Å². The Kier molecular flexibility index (Phi) is 14.8. The summed E-state index contributed by atoms with van der Waals surface area (Å²) in [5, 5.41) is 31.3. The quantitative estimate of drug-likeness (QED) is 0.0883. The fraction of sp³-hybridized carbons (Fsp3) is 0.844. The van der Waals surface area contributed by atoms with E-state index in [-0.39, 0.29) is 30.3 Å². The van der Waals surface area contributed by atoms with Crippen LogP contribution in [0.15, 0.2) is 9.98 Å². The summed E-state index contributed by atoms with van der Waals surface area (Å²) in [6.45, 7) is 8.05. The van der Waals surface area contributed by atoms with Crippen LogP contribution < -0.4 is 27.4 Å². The molecule has 0 aromatic rings. The summed E-state index contributed by atoms with van der Waals surface area (Å²) in [4.78, 5) is 46.7. The van der Waals surface area contributed by atoms with E-state index in [1.54, 1.807) is 11.8 Å². The zero-order chi connectivity index (χ0) is 34.5. The minimum atomic E-state index is -1.42. The first kappa shape index (κ1) is 38.1. The maximum atomic E-state index is 12.3. The first-order valence-electron chi connectivity index (χ1n) is 17.5. The predicted molar refractivity (Wildman–Crippen MR) is 179 cm³/mol. The number of nitrogens with zero attached hydrogens (tertiary/aromatic N) is 4. The lowest BCUT2D eigenvalue weighted by Gasteiger charge is -2.51. The molecular formula is C32H59N9O6. The van der Waals surface area contributed by atoms with Crippen LogP contribution in [-0.2, 0) is 14.3 Å². The summed E-state index contributed by atoms with van der Waals surface area (Å²) in [6, 6.07) is -1.53. The molecule has 9 N–H and O–H groups in total. The van der Waals surface area contributed by atoms with E-state index in [9.17, 15) is 24.7 Å². The van der Waals surface area contributed by atoms with Crippen molar-refractivity contribution in [1.29, 1.82) is 0 Å². The maximum Gasteiger partial charge on any atom is 0.407 e. The van der Waals surface area contributed by atoms with Crippen LogP contribution in [0.2, 0.25) is 0 Å². The van der Waals surface area contributed by atoms with Gasteiger partial charge in [0, 0.05) is 39.0 Å². The minimum Gasteiger partial charge on any atom is -0.447 e. The molecule has 3 heterocycles. The third-order valence-electron chi connectivity index (χ3n) is 9.36. The van der Waals surface area contributed by atoms with E-state index in [4.69, 9.17) is 16.2 Å². The number of hydrogen-bond acceptors (Lipinski definition) is 12. The zero-order valence-corrected chi connectivity index (χ0v) is 28.6. The molecule has 3 aliphatic heterocycles. The van der Waals surface area contributed by atoms with Crippen LogP contribution in [0.1, 0.15) is 111 Å². The fourth-order valence-corrected chi connectivity index (χ4v) is 6.71. The van der Waals surface area contributed by atoms with Gasteiger partial charge in [-0.1, -0.05) is 52.4 Å². The molecule has 0 bridgehead atoms. The van der Waals surface area contributed by atoms with Gasteiger partial charge in [0.2, 0.25) is 17.8 Å². The zero-order valence-electron chi connectivity index (χ0n) is 28.6. The molecule has 0 aliphatic carbocycles. The van der Waals surface area contributed by atoms with Gasteiger partial charge in [-0.05, 0) is 51.4 Å². The van der Waals surface area contributed by atoms with E-state index in [1.807, 2.05) is 0 Å². The molecule has 0 saturated carbocycles. The molecule has 0 aromatic heterocycles. The van der Waals surface area contributed by atoms with Gasteiger partial charge in [0.25, 0.3) is 0 Å². The fourth-order valence-electron chi connectivity index (χ4n) is 6.71. The number of alkyl carbamates (subject to hydrolysis) is 1. The van der Waals surface area contributed by atoms with Crippen LogP contribution in [-0.4, -0.2) is 106 Å². The molecule has 3 amide bonds. The Balaban J connectivity index is 1.17. The van der Waals surface area contributed by atoms with Crippen molar-refractivity contribution in [3.8, 4) is 0 Å². The Hall–Kier alpha value is -3.33. The normalized spacial score (nSPS) is 24.8. The standard InChI is InChI=1S/C32H59N9O6/c1-23(2)14-8-4-5-11-18-35-25(42)15-9-10-16-26(43)36-19-12-6-7-13-20-37-30(44)47-22-24-27-32(41(46)29(34)39-27)31(3,45)17-21-40(32)28(33)38-24/h23-24,27,45-46H,4-22H2,1-3H3,(H2,33,38)(H2,34,39)(H,35,42)(H,36,43)(H,37,44)/t24?,27?,31-,32?/m0/s1. The van der Waals surface area contributed by atoms with Crippen LogP contribution in [0.3, 0.4) is 0 Å². The van der Waals surface area contributed by atoms with Crippen molar-refractivity contribution in [2.45, 2.75) is 134 Å². The highest BCUT2D eigenvalue weighted by Gasteiger charge is 2.71. The molecule has 268 valence electrons. The number of unbranched alkanes of at least 4 members (excludes halogenated alkanes) is 7. The second-order valence-electron chi connectivity index (χ2n) is 13.6. The van der Waals surface area contributed by atoms with Crippen LogP contribution >= 0.6 is 0 Å². The summed E-state index contributed by atoms with van der Waals surface area (Å²) in [6.07, 6.45) is 11.3. The Morgan fingerprint density at radius 1 is 0.872 bits per heavy atom. The summed E-state index contributed by atoms with van der Waals surface area (Å²) in [5.74, 6) is 0.779. The Morgan fingerprint density at radius 2 is 1.43 bits per heavy atom. The lowest BCUT2D eigenvalue weighted by molar-refractivity contribution is -0.216. The molecule has 0 aromatic carbocycles. The van der Waals surface area contributed by atoms with Gasteiger partial charge in [-0.2, -0.15) is 5.06 Å². The highest BCUT2D eigenvalue weighted by atomic mass is 16.5. The lowest BCUT2D eigenvalue weighted by Crippen LogP contribution is -2.76. The number of ether oxygens (including phenoxy) is 1. The van der Waals surface area contributed by atoms with Crippen molar-refractivity contribution in [2.75, 3.05) is 32.8 Å². The number of rotatable bonds is 21. The summed E-state index contributed by atoms with van der Waals surface area (Å²) < 4.78 is 5.39. The van der Waals surface area contributed by atoms with Gasteiger partial charge < -0.3 is 42.2 Å². The molecule has 1 saturated heterocycles. The smallest absolute Gasteiger partial charge is 0.407 e. The van der Waals surface area contributed by atoms with Crippen LogP contribution in [0.25, 0.3) is 0 Å². The van der Waals surface area contributed by atoms with E-state index in [0.29, 0.717) is 51.7 Å². The van der Waals surface area contributed by atoms with Crippen LogP contribution in [0.5, 0.6) is 0 Å². The number of amides is 3. The van der Waals surface area contributed by atoms with Gasteiger partial charge in [0.1, 0.15) is 24.3 Å². The topological polar surface area (TPSA) is 220 Å². The Labute approximate surface area is 279 Å². The number of carbonyl (C=O) groups excluding carboxylic acids is 3. The lowest BCUT2D eigenvalue weighted by atomic mass is 9.80. The molecule has 1 fully saturated rings. The van der Waals surface area contributed by atoms with Crippen molar-refractivity contribution >= 4 is 29.8 Å². The second-order valence-corrected chi connectivity index (χ2v) is 13.6. The average molecular weight is 666 g/mol. The number of aliphatic hydroxyl groups is 1. The number of guanidine groups is 2. The largest absolute Gasteiger partial charge is 0.447 e. The summed E-state index contributed by atoms with van der Waals surface area (Å²) >= 11 is 0. The van der Waals surface area contributed by atoms with E-state index in [2.05, 4.69) is 39.8 Å². The van der Waals surface area contributed by atoms with Crippen LogP contribution in [0, 0.1) is 5.92 Å². The minimum absolute atomic E-state index is 0.00753. The van der Waals surface area contributed by atoms with E-state index < -0.39 is 29.4 Å². The molecule has 3 rings (SSSR count). The molecule has 1 spiro atoms. The predicted octanol–water partition coefficient (Wildman–Crippen LogP) is 1.91. The van der Waals surface area contributed by atoms with Gasteiger partial charge in [-0.25, -0.2) is 14.8 Å². The molecule has 3 unspecified atom stereocenters. The van der Waals surface area contributed by atoms with Gasteiger partial charge in [0.15, 0.2) is 11.6 Å². The molecule has 4 atom stereocenters. The highest BCUT2D eigenvalue weighted by molar-refractivity contribution is 5.86. The van der Waals surface area contributed by atoms with Crippen molar-refractivity contribution in [1.82, 2.24) is 25.9 Å². The maximum absolute atomic E-state index is 12.3. The summed E-state index contributed by atoms with van der Waals surface area (Å²) in [5.41, 5.74) is 9.28. The van der Waals surface area contributed by atoms with E-state index >= 15 is 0 Å². The van der Waals surface area contributed by atoms with Crippen molar-refractivity contribution in [3.05, 3.63) is 0 Å².